The number of unbranched alkanes of at least 4 members (excludes halogenated alkanes) is 1. The molecule has 1 aliphatic heterocycles. The Balaban J connectivity index is 2.04. The molecule has 3 aliphatic rings. The van der Waals surface area contributed by atoms with Crippen LogP contribution in [0, 0.1) is 23.2 Å². The van der Waals surface area contributed by atoms with Crippen LogP contribution in [0.25, 0.3) is 0 Å². The van der Waals surface area contributed by atoms with Gasteiger partial charge in [0, 0.05) is 5.41 Å². The van der Waals surface area contributed by atoms with Crippen LogP contribution in [0.3, 0.4) is 0 Å². The van der Waals surface area contributed by atoms with Crippen molar-refractivity contribution >= 4 is 9.84 Å². The van der Waals surface area contributed by atoms with Crippen LogP contribution >= 0.6 is 0 Å². The molecule has 5 heteroatoms. The minimum absolute atomic E-state index is 0.0200. The van der Waals surface area contributed by atoms with Crippen LogP contribution in [0.1, 0.15) is 90.9 Å². The molecule has 2 aliphatic carbocycles. The minimum Gasteiger partial charge on any atom is -0.393 e. The molecule has 0 aromatic carbocycles. The molecule has 0 amide bonds. The highest BCUT2D eigenvalue weighted by molar-refractivity contribution is 7.92. The predicted molar refractivity (Wildman–Crippen MR) is 109 cm³/mol. The Kier molecular flexibility index (Phi) is 6.96. The number of hydrogen-bond donors (Lipinski definition) is 2. The normalized spacial score (nSPS) is 43.0. The van der Waals surface area contributed by atoms with E-state index in [1.807, 2.05) is 0 Å². The smallest absolute Gasteiger partial charge is 0.154 e. The summed E-state index contributed by atoms with van der Waals surface area (Å²) < 4.78 is 26.9. The lowest BCUT2D eigenvalue weighted by Gasteiger charge is -2.46. The zero-order valence-corrected chi connectivity index (χ0v) is 18.1. The van der Waals surface area contributed by atoms with E-state index in [4.69, 9.17) is 0 Å². The van der Waals surface area contributed by atoms with Crippen molar-refractivity contribution in [3.8, 4) is 0 Å². The summed E-state index contributed by atoms with van der Waals surface area (Å²) in [6.45, 7) is 4.20. The van der Waals surface area contributed by atoms with Crippen molar-refractivity contribution in [3.63, 3.8) is 0 Å². The van der Waals surface area contributed by atoms with Gasteiger partial charge in [-0.15, -0.1) is 0 Å². The van der Waals surface area contributed by atoms with Crippen LogP contribution in [-0.2, 0) is 9.84 Å². The van der Waals surface area contributed by atoms with Crippen molar-refractivity contribution in [2.75, 3.05) is 5.75 Å². The first-order valence-electron chi connectivity index (χ1n) is 11.4. The lowest BCUT2D eigenvalue weighted by molar-refractivity contribution is -0.0685. The first-order chi connectivity index (χ1) is 12.8. The fourth-order valence-corrected chi connectivity index (χ4v) is 9.48. The molecule has 2 saturated carbocycles. The Labute approximate surface area is 166 Å². The van der Waals surface area contributed by atoms with Crippen LogP contribution in [-0.4, -0.2) is 41.8 Å². The van der Waals surface area contributed by atoms with Gasteiger partial charge in [0.05, 0.1) is 23.2 Å². The van der Waals surface area contributed by atoms with Gasteiger partial charge in [-0.25, -0.2) is 8.42 Å². The quantitative estimate of drug-likeness (QED) is 0.729. The molecule has 0 spiro atoms. The summed E-state index contributed by atoms with van der Waals surface area (Å²) in [5, 5.41) is 21.5. The molecular formula is C22H40O4S. The van der Waals surface area contributed by atoms with Crippen molar-refractivity contribution in [2.24, 2.45) is 23.2 Å². The van der Waals surface area contributed by atoms with Gasteiger partial charge in [0.15, 0.2) is 9.84 Å². The van der Waals surface area contributed by atoms with E-state index in [9.17, 15) is 18.6 Å². The minimum atomic E-state index is -3.33. The monoisotopic (exact) mass is 400 g/mol. The number of aliphatic hydroxyl groups is 2. The number of aliphatic hydroxyl groups excluding tert-OH is 2. The molecular weight excluding hydrogens is 360 g/mol. The maximum atomic E-state index is 13.5. The fourth-order valence-electron chi connectivity index (χ4n) is 6.58. The number of sulfone groups is 1. The maximum absolute atomic E-state index is 13.5. The third-order valence-corrected chi connectivity index (χ3v) is 10.6. The Morgan fingerprint density at radius 1 is 1.00 bits per heavy atom. The zero-order chi connectivity index (χ0) is 19.7. The van der Waals surface area contributed by atoms with E-state index < -0.39 is 32.7 Å². The van der Waals surface area contributed by atoms with Gasteiger partial charge < -0.3 is 10.2 Å². The summed E-state index contributed by atoms with van der Waals surface area (Å²) in [4.78, 5) is 0. The van der Waals surface area contributed by atoms with Crippen LogP contribution in [0.5, 0.6) is 0 Å². The van der Waals surface area contributed by atoms with Gasteiger partial charge in [0.1, 0.15) is 0 Å². The molecule has 6 atom stereocenters. The molecule has 4 nitrogen and oxygen atoms in total. The molecule has 1 saturated heterocycles. The second kappa shape index (κ2) is 8.71. The lowest BCUT2D eigenvalue weighted by atomic mass is 9.61. The summed E-state index contributed by atoms with van der Waals surface area (Å²) in [5.74, 6) is 0.648. The Bertz CT molecular complexity index is 583. The van der Waals surface area contributed by atoms with Crippen molar-refractivity contribution in [1.29, 1.82) is 0 Å². The first kappa shape index (κ1) is 21.6. The van der Waals surface area contributed by atoms with Crippen LogP contribution < -0.4 is 0 Å². The molecule has 1 heterocycles. The molecule has 0 radical (unpaired) electrons. The van der Waals surface area contributed by atoms with E-state index in [0.29, 0.717) is 18.8 Å². The van der Waals surface area contributed by atoms with E-state index in [2.05, 4.69) is 13.8 Å². The topological polar surface area (TPSA) is 74.6 Å². The average Bonchev–Trinajstić information content (AvgIpc) is 2.73. The summed E-state index contributed by atoms with van der Waals surface area (Å²) in [5.41, 5.74) is -0.515. The van der Waals surface area contributed by atoms with Gasteiger partial charge >= 0.3 is 0 Å². The Hall–Kier alpha value is -0.130. The molecule has 27 heavy (non-hydrogen) atoms. The third-order valence-electron chi connectivity index (χ3n) is 8.18. The third kappa shape index (κ3) is 4.25. The summed E-state index contributed by atoms with van der Waals surface area (Å²) in [7, 11) is -3.33. The predicted octanol–water partition coefficient (Wildman–Crippen LogP) is 4.09. The second-order valence-corrected chi connectivity index (χ2v) is 11.9. The van der Waals surface area contributed by atoms with E-state index in [-0.39, 0.29) is 17.6 Å². The van der Waals surface area contributed by atoms with Crippen LogP contribution in [0.15, 0.2) is 0 Å². The second-order valence-electron chi connectivity index (χ2n) is 9.72. The molecule has 4 unspecified atom stereocenters. The van der Waals surface area contributed by atoms with Gasteiger partial charge in [-0.3, -0.25) is 0 Å². The van der Waals surface area contributed by atoms with Gasteiger partial charge in [-0.1, -0.05) is 58.8 Å². The highest BCUT2D eigenvalue weighted by atomic mass is 32.2. The zero-order valence-electron chi connectivity index (χ0n) is 17.3. The highest BCUT2D eigenvalue weighted by Gasteiger charge is 2.56. The average molecular weight is 401 g/mol. The Morgan fingerprint density at radius 2 is 1.70 bits per heavy atom. The van der Waals surface area contributed by atoms with E-state index in [0.717, 1.165) is 44.9 Å². The largest absolute Gasteiger partial charge is 0.393 e. The molecule has 158 valence electrons. The molecule has 2 N–H and O–H groups in total. The standard InChI is InChI=1S/C22H40O4S/c1-3-5-13-22(4-2)15-27(25,26)19-14-17(23)11-12-18(19)20(21(22)24)16-9-7-6-8-10-16/h16-21,23-24H,3-15H2,1-2H3/t17?,18?,19?,20-,21?,22+/m0/s1. The molecule has 0 bridgehead atoms. The van der Waals surface area contributed by atoms with Crippen LogP contribution in [0.4, 0.5) is 0 Å². The lowest BCUT2D eigenvalue weighted by Crippen LogP contribution is -2.48. The summed E-state index contributed by atoms with van der Waals surface area (Å²) in [6.07, 6.45) is 10.2. The van der Waals surface area contributed by atoms with Gasteiger partial charge in [0.25, 0.3) is 0 Å². The van der Waals surface area contributed by atoms with E-state index in [1.54, 1.807) is 0 Å². The highest BCUT2D eigenvalue weighted by Crippen LogP contribution is 2.52. The van der Waals surface area contributed by atoms with Crippen molar-refractivity contribution in [1.82, 2.24) is 0 Å². The van der Waals surface area contributed by atoms with Gasteiger partial charge in [0.2, 0.25) is 0 Å². The molecule has 0 aromatic heterocycles. The van der Waals surface area contributed by atoms with Crippen molar-refractivity contribution in [2.45, 2.75) is 108 Å². The number of rotatable bonds is 5. The van der Waals surface area contributed by atoms with Gasteiger partial charge in [-0.05, 0) is 49.9 Å². The summed E-state index contributed by atoms with van der Waals surface area (Å²) in [6, 6.07) is 0. The summed E-state index contributed by atoms with van der Waals surface area (Å²) >= 11 is 0. The number of hydrogen-bond acceptors (Lipinski definition) is 4. The van der Waals surface area contributed by atoms with E-state index >= 15 is 0 Å². The molecule has 3 fully saturated rings. The fraction of sp³-hybridized carbons (Fsp3) is 1.00. The van der Waals surface area contributed by atoms with Crippen LogP contribution in [0.2, 0.25) is 0 Å². The van der Waals surface area contributed by atoms with Gasteiger partial charge in [-0.2, -0.15) is 0 Å². The van der Waals surface area contributed by atoms with Crippen molar-refractivity contribution < 1.29 is 18.6 Å². The molecule has 0 aromatic rings. The van der Waals surface area contributed by atoms with Crippen molar-refractivity contribution in [3.05, 3.63) is 0 Å². The SMILES string of the molecule is CCCC[C@]1(CC)CS(=O)(=O)C2CC(O)CCC2[C@H](C2CCCCC2)C1O. The van der Waals surface area contributed by atoms with E-state index in [1.165, 1.54) is 19.3 Å². The maximum Gasteiger partial charge on any atom is 0.154 e. The number of fused-ring (bicyclic) bond motifs is 1. The Morgan fingerprint density at radius 3 is 2.33 bits per heavy atom. The molecule has 3 rings (SSSR count). The first-order valence-corrected chi connectivity index (χ1v) is 13.1.